The van der Waals surface area contributed by atoms with E-state index in [-0.39, 0.29) is 35.7 Å². The molecule has 1 aromatic carbocycles. The van der Waals surface area contributed by atoms with E-state index in [1.807, 2.05) is 13.8 Å². The second-order valence-corrected chi connectivity index (χ2v) is 4.37. The van der Waals surface area contributed by atoms with Gasteiger partial charge in [0, 0.05) is 31.1 Å². The molecule has 9 nitrogen and oxygen atoms in total. The summed E-state index contributed by atoms with van der Waals surface area (Å²) < 4.78 is 5.00. The first-order valence-electron chi connectivity index (χ1n) is 7.23. The van der Waals surface area contributed by atoms with Gasteiger partial charge in [-0.25, -0.2) is 4.79 Å². The fourth-order valence-electron chi connectivity index (χ4n) is 1.80. The van der Waals surface area contributed by atoms with Crippen molar-refractivity contribution in [2.24, 2.45) is 0 Å². The summed E-state index contributed by atoms with van der Waals surface area (Å²) in [5.74, 6) is 0.286. The van der Waals surface area contributed by atoms with E-state index in [9.17, 15) is 25.0 Å². The molecule has 128 valence electrons. The van der Waals surface area contributed by atoms with Crippen molar-refractivity contribution in [2.75, 3.05) is 5.32 Å². The summed E-state index contributed by atoms with van der Waals surface area (Å²) in [7, 11) is 0. The summed E-state index contributed by atoms with van der Waals surface area (Å²) in [4.78, 5) is 31.8. The minimum Gasteiger partial charge on any atom is -0.415 e. The number of carbonyl (C=O) groups is 1. The van der Waals surface area contributed by atoms with Gasteiger partial charge in [0.25, 0.3) is 5.69 Å². The number of benzene rings is 1. The Kier molecular flexibility index (Phi) is 7.08. The number of carbonyl (C=O) groups excluding carboxylic acids is 1. The molecule has 1 aromatic rings. The van der Waals surface area contributed by atoms with Crippen molar-refractivity contribution in [1.82, 2.24) is 0 Å². The fourth-order valence-corrected chi connectivity index (χ4v) is 1.80. The van der Waals surface area contributed by atoms with Crippen LogP contribution in [0.25, 0.3) is 0 Å². The van der Waals surface area contributed by atoms with E-state index in [0.717, 1.165) is 0 Å². The Bertz CT molecular complexity index is 696. The van der Waals surface area contributed by atoms with Gasteiger partial charge in [-0.15, -0.1) is 0 Å². The van der Waals surface area contributed by atoms with Crippen molar-refractivity contribution in [3.05, 3.63) is 68.1 Å². The number of amides is 1. The first-order valence-corrected chi connectivity index (χ1v) is 7.23. The van der Waals surface area contributed by atoms with Gasteiger partial charge in [0.15, 0.2) is 0 Å². The molecule has 0 saturated heterocycles. The zero-order valence-corrected chi connectivity index (χ0v) is 13.2. The van der Waals surface area contributed by atoms with Crippen LogP contribution in [0.4, 0.5) is 16.2 Å². The molecule has 0 spiro atoms. The van der Waals surface area contributed by atoms with E-state index in [1.54, 1.807) is 0 Å². The highest BCUT2D eigenvalue weighted by Gasteiger charge is 2.18. The topological polar surface area (TPSA) is 125 Å². The summed E-state index contributed by atoms with van der Waals surface area (Å²) in [6.07, 6.45) is 2.22. The van der Waals surface area contributed by atoms with Crippen LogP contribution in [0.15, 0.2) is 47.9 Å². The zero-order valence-electron chi connectivity index (χ0n) is 13.2. The van der Waals surface area contributed by atoms with Gasteiger partial charge in [-0.05, 0) is 12.1 Å². The van der Waals surface area contributed by atoms with Crippen LogP contribution in [0.2, 0.25) is 0 Å². The van der Waals surface area contributed by atoms with Crippen LogP contribution >= 0.6 is 0 Å². The number of nitro benzene ring substituents is 1. The van der Waals surface area contributed by atoms with E-state index < -0.39 is 15.9 Å². The Balaban J connectivity index is 0.00000139. The maximum atomic E-state index is 11.7. The summed E-state index contributed by atoms with van der Waals surface area (Å²) in [6.45, 7) is 4.00. The molecule has 0 heterocycles. The monoisotopic (exact) mass is 335 g/mol. The number of nitro groups is 2. The van der Waals surface area contributed by atoms with Gasteiger partial charge in [0.05, 0.1) is 15.5 Å². The van der Waals surface area contributed by atoms with Gasteiger partial charge in [-0.1, -0.05) is 19.9 Å². The van der Waals surface area contributed by atoms with E-state index in [2.05, 4.69) is 5.32 Å². The molecule has 0 atom stereocenters. The maximum Gasteiger partial charge on any atom is 0.416 e. The molecule has 0 radical (unpaired) electrons. The lowest BCUT2D eigenvalue weighted by molar-refractivity contribution is -0.428. The highest BCUT2D eigenvalue weighted by atomic mass is 16.6. The molecule has 0 unspecified atom stereocenters. The molecule has 1 aliphatic rings. The highest BCUT2D eigenvalue weighted by Crippen LogP contribution is 2.21. The summed E-state index contributed by atoms with van der Waals surface area (Å²) in [5, 5.41) is 23.5. The van der Waals surface area contributed by atoms with Crippen LogP contribution in [-0.4, -0.2) is 15.9 Å². The lowest BCUT2D eigenvalue weighted by atomic mass is 10.1. The Labute approximate surface area is 137 Å². The molecule has 0 bridgehead atoms. The number of nitrogens with zero attached hydrogens (tertiary/aromatic N) is 2. The van der Waals surface area contributed by atoms with Gasteiger partial charge in [0.2, 0.25) is 5.70 Å². The Hall–Kier alpha value is -3.23. The van der Waals surface area contributed by atoms with Crippen molar-refractivity contribution in [1.29, 1.82) is 0 Å². The third-order valence-corrected chi connectivity index (χ3v) is 2.85. The van der Waals surface area contributed by atoms with Crippen LogP contribution < -0.4 is 5.32 Å². The molecule has 0 saturated carbocycles. The predicted octanol–water partition coefficient (Wildman–Crippen LogP) is 4.01. The first kappa shape index (κ1) is 18.8. The smallest absolute Gasteiger partial charge is 0.415 e. The van der Waals surface area contributed by atoms with Crippen molar-refractivity contribution >= 4 is 17.5 Å². The number of nitrogens with one attached hydrogen (secondary N) is 1. The average Bonchev–Trinajstić information content (AvgIpc) is 2.57. The van der Waals surface area contributed by atoms with Gasteiger partial charge in [-0.3, -0.25) is 25.5 Å². The molecule has 0 fully saturated rings. The SMILES string of the molecule is CC.O=C(Nc1cccc([N+](=O)[O-])c1)OC1=CC=C([N+](=O)[O-])CC1. The zero-order chi connectivity index (χ0) is 18.1. The summed E-state index contributed by atoms with van der Waals surface area (Å²) >= 11 is 0. The number of anilines is 1. The number of ether oxygens (including phenoxy) is 1. The van der Waals surface area contributed by atoms with E-state index in [0.29, 0.717) is 0 Å². The molecule has 2 rings (SSSR count). The number of non-ortho nitro benzene ring substituents is 1. The predicted molar refractivity (Wildman–Crippen MR) is 86.9 cm³/mol. The molecule has 0 aliphatic heterocycles. The van der Waals surface area contributed by atoms with Gasteiger partial charge in [-0.2, -0.15) is 0 Å². The second-order valence-electron chi connectivity index (χ2n) is 4.37. The van der Waals surface area contributed by atoms with Crippen molar-refractivity contribution < 1.29 is 19.4 Å². The lowest BCUT2D eigenvalue weighted by Crippen LogP contribution is -2.15. The Morgan fingerprint density at radius 2 is 1.83 bits per heavy atom. The third kappa shape index (κ3) is 5.52. The minimum atomic E-state index is -0.815. The molecule has 1 N–H and O–H groups in total. The quantitative estimate of drug-likeness (QED) is 0.654. The van der Waals surface area contributed by atoms with E-state index in [4.69, 9.17) is 4.74 Å². The van der Waals surface area contributed by atoms with Crippen molar-refractivity contribution in [3.63, 3.8) is 0 Å². The highest BCUT2D eigenvalue weighted by molar-refractivity contribution is 5.85. The first-order chi connectivity index (χ1) is 11.5. The van der Waals surface area contributed by atoms with Crippen molar-refractivity contribution in [3.8, 4) is 0 Å². The van der Waals surface area contributed by atoms with Gasteiger partial charge < -0.3 is 4.74 Å². The largest absolute Gasteiger partial charge is 0.416 e. The molecule has 24 heavy (non-hydrogen) atoms. The second kappa shape index (κ2) is 9.03. The summed E-state index contributed by atoms with van der Waals surface area (Å²) in [6, 6.07) is 5.40. The molecule has 0 aromatic heterocycles. The number of hydrogen-bond donors (Lipinski definition) is 1. The van der Waals surface area contributed by atoms with E-state index in [1.165, 1.54) is 36.4 Å². The Morgan fingerprint density at radius 3 is 2.38 bits per heavy atom. The molecular formula is C15H17N3O6. The third-order valence-electron chi connectivity index (χ3n) is 2.85. The standard InChI is InChI=1S/C13H11N3O6.C2H6/c17-13(14-9-2-1-3-11(8-9)16(20)21)22-12-6-4-10(5-7-12)15(18)19;1-2/h1-4,6,8H,5,7H2,(H,14,17);1-2H3. The van der Waals surface area contributed by atoms with Crippen LogP contribution in [-0.2, 0) is 4.74 Å². The maximum absolute atomic E-state index is 11.7. The number of hydrogen-bond acceptors (Lipinski definition) is 6. The molecular weight excluding hydrogens is 318 g/mol. The van der Waals surface area contributed by atoms with Gasteiger partial charge in [0.1, 0.15) is 5.76 Å². The van der Waals surface area contributed by atoms with Crippen LogP contribution in [0.1, 0.15) is 26.7 Å². The number of rotatable bonds is 4. The van der Waals surface area contributed by atoms with Gasteiger partial charge >= 0.3 is 6.09 Å². The number of allylic oxidation sites excluding steroid dienone is 4. The molecule has 9 heteroatoms. The average molecular weight is 335 g/mol. The van der Waals surface area contributed by atoms with Crippen LogP contribution in [0.3, 0.4) is 0 Å². The van der Waals surface area contributed by atoms with Crippen molar-refractivity contribution in [2.45, 2.75) is 26.7 Å². The Morgan fingerprint density at radius 1 is 1.12 bits per heavy atom. The summed E-state index contributed by atoms with van der Waals surface area (Å²) in [5.41, 5.74) is 0.108. The minimum absolute atomic E-state index is 0.0476. The normalized spacial score (nSPS) is 12.8. The molecule has 1 aliphatic carbocycles. The lowest BCUT2D eigenvalue weighted by Gasteiger charge is -2.11. The van der Waals surface area contributed by atoms with Crippen LogP contribution in [0.5, 0.6) is 0 Å². The molecule has 1 amide bonds. The van der Waals surface area contributed by atoms with Crippen LogP contribution in [0, 0.1) is 20.2 Å². The van der Waals surface area contributed by atoms with E-state index >= 15 is 0 Å². The fraction of sp³-hybridized carbons (Fsp3) is 0.267.